The molecule has 1 aromatic rings. The molecule has 0 radical (unpaired) electrons. The molecule has 2 N–H and O–H groups in total. The molecule has 3 rings (SSSR count). The van der Waals surface area contributed by atoms with Crippen molar-refractivity contribution < 1.29 is 14.6 Å². The van der Waals surface area contributed by atoms with Crippen molar-refractivity contribution in [3.05, 3.63) is 35.9 Å². The Labute approximate surface area is 144 Å². The number of nitrogens with one attached hydrogen (secondary N) is 1. The van der Waals surface area contributed by atoms with Crippen molar-refractivity contribution >= 4 is 5.91 Å². The Morgan fingerprint density at radius 3 is 2.50 bits per heavy atom. The van der Waals surface area contributed by atoms with E-state index in [9.17, 15) is 9.90 Å². The van der Waals surface area contributed by atoms with Gasteiger partial charge in [0.15, 0.2) is 0 Å². The Morgan fingerprint density at radius 2 is 1.83 bits per heavy atom. The summed E-state index contributed by atoms with van der Waals surface area (Å²) in [6.45, 7) is 1.57. The monoisotopic (exact) mass is 331 g/mol. The molecule has 0 spiro atoms. The first-order chi connectivity index (χ1) is 11.7. The number of aliphatic hydroxyl groups excluding tert-OH is 1. The van der Waals surface area contributed by atoms with Crippen molar-refractivity contribution in [1.29, 1.82) is 0 Å². The van der Waals surface area contributed by atoms with Crippen molar-refractivity contribution in [2.75, 3.05) is 19.8 Å². The lowest BCUT2D eigenvalue weighted by Crippen LogP contribution is -2.50. The van der Waals surface area contributed by atoms with Crippen molar-refractivity contribution in [1.82, 2.24) is 5.32 Å². The van der Waals surface area contributed by atoms with Crippen molar-refractivity contribution in [2.24, 2.45) is 5.92 Å². The SMILES string of the molecule is O=C(NC[C@H](O)C1CCCCC1)C1(c2ccccc2)CCOCC1. The number of amides is 1. The smallest absolute Gasteiger partial charge is 0.230 e. The normalized spacial score (nSPS) is 22.7. The van der Waals surface area contributed by atoms with Gasteiger partial charge in [-0.25, -0.2) is 0 Å². The minimum absolute atomic E-state index is 0.0341. The second kappa shape index (κ2) is 8.13. The van der Waals surface area contributed by atoms with Gasteiger partial charge in [-0.05, 0) is 37.2 Å². The Kier molecular flexibility index (Phi) is 5.90. The fourth-order valence-electron chi connectivity index (χ4n) is 4.18. The molecule has 1 saturated carbocycles. The van der Waals surface area contributed by atoms with Crippen LogP contribution in [0, 0.1) is 5.92 Å². The first-order valence-corrected chi connectivity index (χ1v) is 9.32. The van der Waals surface area contributed by atoms with Gasteiger partial charge in [0.1, 0.15) is 0 Å². The largest absolute Gasteiger partial charge is 0.391 e. The highest BCUT2D eigenvalue weighted by molar-refractivity contribution is 5.88. The van der Waals surface area contributed by atoms with Crippen LogP contribution in [0.1, 0.15) is 50.5 Å². The highest BCUT2D eigenvalue weighted by atomic mass is 16.5. The molecule has 4 heteroatoms. The summed E-state index contributed by atoms with van der Waals surface area (Å²) < 4.78 is 5.49. The lowest BCUT2D eigenvalue weighted by molar-refractivity contribution is -0.131. The fourth-order valence-corrected chi connectivity index (χ4v) is 4.18. The van der Waals surface area contributed by atoms with Gasteiger partial charge in [0.2, 0.25) is 5.91 Å². The number of carbonyl (C=O) groups is 1. The highest BCUT2D eigenvalue weighted by Crippen LogP contribution is 2.35. The van der Waals surface area contributed by atoms with Gasteiger partial charge in [-0.2, -0.15) is 0 Å². The average molecular weight is 331 g/mol. The zero-order valence-corrected chi connectivity index (χ0v) is 14.4. The summed E-state index contributed by atoms with van der Waals surface area (Å²) in [5, 5.41) is 13.5. The number of ether oxygens (including phenoxy) is 1. The maximum atomic E-state index is 13.0. The molecule has 1 saturated heterocycles. The van der Waals surface area contributed by atoms with Crippen LogP contribution in [0.5, 0.6) is 0 Å². The van der Waals surface area contributed by atoms with E-state index in [0.29, 0.717) is 38.5 Å². The molecule has 1 atom stereocenters. The number of hydrogen-bond donors (Lipinski definition) is 2. The summed E-state index contributed by atoms with van der Waals surface area (Å²) in [7, 11) is 0. The van der Waals surface area contributed by atoms with Gasteiger partial charge < -0.3 is 15.2 Å². The van der Waals surface area contributed by atoms with Crippen LogP contribution in [0.25, 0.3) is 0 Å². The van der Waals surface area contributed by atoms with Gasteiger partial charge >= 0.3 is 0 Å². The number of aliphatic hydroxyl groups is 1. The number of rotatable bonds is 5. The van der Waals surface area contributed by atoms with Gasteiger partial charge in [0.05, 0.1) is 11.5 Å². The standard InChI is InChI=1S/C20H29NO3/c22-18(16-7-3-1-4-8-16)15-21-19(23)20(11-13-24-14-12-20)17-9-5-2-6-10-17/h2,5-6,9-10,16,18,22H,1,3-4,7-8,11-15H2,(H,21,23)/t18-/m0/s1. The zero-order valence-electron chi connectivity index (χ0n) is 14.4. The third-order valence-corrected chi connectivity index (χ3v) is 5.77. The van der Waals surface area contributed by atoms with E-state index in [1.807, 2.05) is 30.3 Å². The number of hydrogen-bond acceptors (Lipinski definition) is 3. The summed E-state index contributed by atoms with van der Waals surface area (Å²) >= 11 is 0. The predicted molar refractivity (Wildman–Crippen MR) is 93.8 cm³/mol. The van der Waals surface area contributed by atoms with Crippen LogP contribution in [0.3, 0.4) is 0 Å². The van der Waals surface area contributed by atoms with Crippen LogP contribution >= 0.6 is 0 Å². The highest BCUT2D eigenvalue weighted by Gasteiger charge is 2.41. The van der Waals surface area contributed by atoms with E-state index in [1.165, 1.54) is 19.3 Å². The number of benzene rings is 1. The Hall–Kier alpha value is -1.39. The van der Waals surface area contributed by atoms with Gasteiger partial charge in [-0.15, -0.1) is 0 Å². The van der Waals surface area contributed by atoms with E-state index in [1.54, 1.807) is 0 Å². The molecule has 2 fully saturated rings. The molecule has 0 unspecified atom stereocenters. The molecule has 4 nitrogen and oxygen atoms in total. The van der Waals surface area contributed by atoms with Crippen LogP contribution in [-0.2, 0) is 14.9 Å². The van der Waals surface area contributed by atoms with E-state index in [4.69, 9.17) is 4.74 Å². The lowest BCUT2D eigenvalue weighted by atomic mass is 9.73. The predicted octanol–water partition coefficient (Wildman–Crippen LogP) is 2.79. The Bertz CT molecular complexity index is 519. The molecule has 0 aromatic heterocycles. The van der Waals surface area contributed by atoms with Crippen molar-refractivity contribution in [3.8, 4) is 0 Å². The van der Waals surface area contributed by atoms with Crippen LogP contribution in [-0.4, -0.2) is 36.9 Å². The summed E-state index contributed by atoms with van der Waals surface area (Å²) in [6, 6.07) is 10.00. The molecular weight excluding hydrogens is 302 g/mol. The van der Waals surface area contributed by atoms with Crippen LogP contribution in [0.2, 0.25) is 0 Å². The molecule has 132 valence electrons. The van der Waals surface area contributed by atoms with Crippen LogP contribution < -0.4 is 5.32 Å². The third kappa shape index (κ3) is 3.81. The Morgan fingerprint density at radius 1 is 1.17 bits per heavy atom. The minimum atomic E-state index is -0.522. The van der Waals surface area contributed by atoms with E-state index >= 15 is 0 Å². The van der Waals surface area contributed by atoms with Gasteiger partial charge in [0.25, 0.3) is 0 Å². The molecule has 1 aromatic carbocycles. The van der Waals surface area contributed by atoms with E-state index in [0.717, 1.165) is 18.4 Å². The minimum Gasteiger partial charge on any atom is -0.391 e. The van der Waals surface area contributed by atoms with Crippen LogP contribution in [0.15, 0.2) is 30.3 Å². The molecule has 1 amide bonds. The molecule has 1 aliphatic carbocycles. The quantitative estimate of drug-likeness (QED) is 0.872. The van der Waals surface area contributed by atoms with Gasteiger partial charge in [-0.3, -0.25) is 4.79 Å². The summed E-state index contributed by atoms with van der Waals surface area (Å²) in [4.78, 5) is 13.0. The topological polar surface area (TPSA) is 58.6 Å². The summed E-state index contributed by atoms with van der Waals surface area (Å²) in [6.07, 6.45) is 6.78. The summed E-state index contributed by atoms with van der Waals surface area (Å²) in [5.41, 5.74) is 0.532. The number of carbonyl (C=O) groups excluding carboxylic acids is 1. The average Bonchev–Trinajstić information content (AvgIpc) is 2.67. The van der Waals surface area contributed by atoms with E-state index in [-0.39, 0.29) is 5.91 Å². The first kappa shape index (κ1) is 17.4. The molecular formula is C20H29NO3. The lowest BCUT2D eigenvalue weighted by Gasteiger charge is -2.37. The molecule has 2 aliphatic rings. The molecule has 1 aliphatic heterocycles. The maximum absolute atomic E-state index is 13.0. The molecule has 1 heterocycles. The van der Waals surface area contributed by atoms with Crippen molar-refractivity contribution in [3.63, 3.8) is 0 Å². The third-order valence-electron chi connectivity index (χ3n) is 5.77. The second-order valence-corrected chi connectivity index (χ2v) is 7.24. The van der Waals surface area contributed by atoms with Crippen LogP contribution in [0.4, 0.5) is 0 Å². The fraction of sp³-hybridized carbons (Fsp3) is 0.650. The van der Waals surface area contributed by atoms with E-state index in [2.05, 4.69) is 5.32 Å². The zero-order chi connectivity index (χ0) is 16.8. The first-order valence-electron chi connectivity index (χ1n) is 9.32. The molecule has 24 heavy (non-hydrogen) atoms. The van der Waals surface area contributed by atoms with Crippen molar-refractivity contribution in [2.45, 2.75) is 56.5 Å². The summed E-state index contributed by atoms with van der Waals surface area (Å²) in [5.74, 6) is 0.369. The van der Waals surface area contributed by atoms with Gasteiger partial charge in [0, 0.05) is 19.8 Å². The maximum Gasteiger partial charge on any atom is 0.230 e. The molecule has 0 bridgehead atoms. The van der Waals surface area contributed by atoms with Gasteiger partial charge in [-0.1, -0.05) is 49.6 Å². The second-order valence-electron chi connectivity index (χ2n) is 7.24. The Balaban J connectivity index is 1.66. The van der Waals surface area contributed by atoms with E-state index < -0.39 is 11.5 Å².